The highest BCUT2D eigenvalue weighted by Crippen LogP contribution is 2.46. The summed E-state index contributed by atoms with van der Waals surface area (Å²) in [6.07, 6.45) is -0.822. The number of para-hydroxylation sites is 1. The van der Waals surface area contributed by atoms with Crippen molar-refractivity contribution in [1.82, 2.24) is 4.90 Å². The van der Waals surface area contributed by atoms with Crippen LogP contribution in [-0.2, 0) is 9.59 Å². The van der Waals surface area contributed by atoms with E-state index < -0.39 is 18.0 Å². The van der Waals surface area contributed by atoms with Gasteiger partial charge in [0.05, 0.1) is 21.6 Å². The molecule has 0 spiro atoms. The Morgan fingerprint density at radius 1 is 1.42 bits per heavy atom. The number of aliphatic hydroxyl groups excluding tert-OH is 1. The molecule has 26 heavy (non-hydrogen) atoms. The Morgan fingerprint density at radius 3 is 2.73 bits per heavy atom. The zero-order valence-corrected chi connectivity index (χ0v) is 16.4. The van der Waals surface area contributed by atoms with E-state index in [0.29, 0.717) is 11.3 Å². The molecule has 136 valence electrons. The van der Waals surface area contributed by atoms with Gasteiger partial charge in [0.15, 0.2) is 0 Å². The minimum absolute atomic E-state index is 0.0776. The SMILES string of the molecule is CC(O)C1C(=O)N2C(C(=O)O)=C(C#CCOc3ccccc3I)[C@H](C)C12. The highest BCUT2D eigenvalue weighted by atomic mass is 127. The Kier molecular flexibility index (Phi) is 5.25. The standard InChI is InChI=1S/C19H18INO5/c1-10-12(6-5-9-26-14-8-4-3-7-13(14)20)17(19(24)25)21-16(10)15(11(2)22)18(21)23/h3-4,7-8,10-11,15-16,22H,9H2,1-2H3,(H,24,25)/t10-,11?,15?,16?/m0/s1. The molecule has 0 saturated carbocycles. The molecule has 2 N–H and O–H groups in total. The number of β-lactam (4-membered cyclic amide) rings is 1. The molecule has 3 rings (SSSR count). The Morgan fingerprint density at radius 2 is 2.12 bits per heavy atom. The fourth-order valence-electron chi connectivity index (χ4n) is 3.53. The van der Waals surface area contributed by atoms with Crippen LogP contribution in [0.3, 0.4) is 0 Å². The van der Waals surface area contributed by atoms with Crippen molar-refractivity contribution in [3.8, 4) is 17.6 Å². The van der Waals surface area contributed by atoms with Gasteiger partial charge in [-0.05, 0) is 41.6 Å². The number of carbonyl (C=O) groups excluding carboxylic acids is 1. The number of ether oxygens (including phenoxy) is 1. The van der Waals surface area contributed by atoms with Gasteiger partial charge in [-0.15, -0.1) is 0 Å². The van der Waals surface area contributed by atoms with E-state index in [0.717, 1.165) is 3.57 Å². The molecule has 0 bridgehead atoms. The maximum absolute atomic E-state index is 12.2. The number of nitrogens with zero attached hydrogens (tertiary/aromatic N) is 1. The van der Waals surface area contributed by atoms with Crippen LogP contribution in [0.5, 0.6) is 5.75 Å². The second kappa shape index (κ2) is 7.29. The molecule has 1 fully saturated rings. The smallest absolute Gasteiger partial charge is 0.353 e. The average Bonchev–Trinajstić information content (AvgIpc) is 2.82. The molecule has 3 unspecified atom stereocenters. The van der Waals surface area contributed by atoms with Gasteiger partial charge in [0, 0.05) is 11.5 Å². The van der Waals surface area contributed by atoms with Crippen LogP contribution in [-0.4, -0.2) is 45.7 Å². The first-order chi connectivity index (χ1) is 12.3. The summed E-state index contributed by atoms with van der Waals surface area (Å²) in [7, 11) is 0. The molecule has 1 aromatic rings. The lowest BCUT2D eigenvalue weighted by molar-refractivity contribution is -0.163. The fraction of sp³-hybridized carbons (Fsp3) is 0.368. The Balaban J connectivity index is 1.80. The van der Waals surface area contributed by atoms with Crippen molar-refractivity contribution in [3.63, 3.8) is 0 Å². The van der Waals surface area contributed by atoms with Gasteiger partial charge in [-0.25, -0.2) is 4.79 Å². The first-order valence-corrected chi connectivity index (χ1v) is 9.27. The van der Waals surface area contributed by atoms with Crippen molar-refractivity contribution in [1.29, 1.82) is 0 Å². The molecule has 6 nitrogen and oxygen atoms in total. The Labute approximate surface area is 165 Å². The molecule has 1 amide bonds. The first kappa shape index (κ1) is 18.7. The Hall–Kier alpha value is -2.05. The number of aliphatic carboxylic acids is 1. The van der Waals surface area contributed by atoms with Crippen LogP contribution >= 0.6 is 22.6 Å². The second-order valence-electron chi connectivity index (χ2n) is 6.34. The minimum atomic E-state index is -1.18. The third kappa shape index (κ3) is 3.08. The summed E-state index contributed by atoms with van der Waals surface area (Å²) in [5, 5.41) is 19.3. The number of fused-ring (bicyclic) bond motifs is 1. The van der Waals surface area contributed by atoms with Gasteiger partial charge in [0.1, 0.15) is 18.1 Å². The van der Waals surface area contributed by atoms with Gasteiger partial charge in [0.2, 0.25) is 5.91 Å². The van der Waals surface area contributed by atoms with Crippen molar-refractivity contribution < 1.29 is 24.5 Å². The number of amides is 1. The van der Waals surface area contributed by atoms with Crippen molar-refractivity contribution in [2.24, 2.45) is 11.8 Å². The third-order valence-corrected chi connectivity index (χ3v) is 5.63. The van der Waals surface area contributed by atoms with Crippen molar-refractivity contribution in [3.05, 3.63) is 39.1 Å². The quantitative estimate of drug-likeness (QED) is 0.401. The van der Waals surface area contributed by atoms with Gasteiger partial charge in [-0.3, -0.25) is 4.79 Å². The van der Waals surface area contributed by atoms with Crippen LogP contribution in [0.2, 0.25) is 0 Å². The number of carboxylic acid groups (broad SMARTS) is 1. The van der Waals surface area contributed by atoms with E-state index in [9.17, 15) is 19.8 Å². The summed E-state index contributed by atoms with van der Waals surface area (Å²) in [6, 6.07) is 7.17. The minimum Gasteiger partial charge on any atom is -0.480 e. The summed E-state index contributed by atoms with van der Waals surface area (Å²) in [6.45, 7) is 3.49. The number of hydrogen-bond acceptors (Lipinski definition) is 4. The molecule has 0 aliphatic carbocycles. The maximum atomic E-state index is 12.2. The number of hydrogen-bond donors (Lipinski definition) is 2. The molecule has 0 radical (unpaired) electrons. The number of rotatable bonds is 4. The summed E-state index contributed by atoms with van der Waals surface area (Å²) < 4.78 is 6.57. The molecule has 7 heteroatoms. The highest BCUT2D eigenvalue weighted by molar-refractivity contribution is 14.1. The normalized spacial score (nSPS) is 25.2. The number of benzene rings is 1. The molecule has 2 aliphatic rings. The van der Waals surface area contributed by atoms with E-state index in [-0.39, 0.29) is 30.2 Å². The second-order valence-corrected chi connectivity index (χ2v) is 7.50. The first-order valence-electron chi connectivity index (χ1n) is 8.19. The summed E-state index contributed by atoms with van der Waals surface area (Å²) in [5.41, 5.74) is 0.330. The third-order valence-electron chi connectivity index (χ3n) is 4.73. The largest absolute Gasteiger partial charge is 0.480 e. The van der Waals surface area contributed by atoms with Crippen LogP contribution in [0.15, 0.2) is 35.5 Å². The van der Waals surface area contributed by atoms with Gasteiger partial charge < -0.3 is 19.8 Å². The highest BCUT2D eigenvalue weighted by Gasteiger charge is 2.59. The molecule has 1 saturated heterocycles. The lowest BCUT2D eigenvalue weighted by Crippen LogP contribution is -2.63. The zero-order chi connectivity index (χ0) is 19.0. The Bertz CT molecular complexity index is 851. The van der Waals surface area contributed by atoms with Crippen LogP contribution in [0.4, 0.5) is 0 Å². The number of carbonyl (C=O) groups is 2. The van der Waals surface area contributed by atoms with Gasteiger partial charge in [-0.2, -0.15) is 0 Å². The molecule has 1 aromatic carbocycles. The predicted molar refractivity (Wildman–Crippen MR) is 102 cm³/mol. The summed E-state index contributed by atoms with van der Waals surface area (Å²) >= 11 is 2.16. The number of halogens is 1. The van der Waals surface area contributed by atoms with Crippen LogP contribution in [0, 0.1) is 27.2 Å². The summed E-state index contributed by atoms with van der Waals surface area (Å²) in [4.78, 5) is 25.2. The van der Waals surface area contributed by atoms with E-state index >= 15 is 0 Å². The van der Waals surface area contributed by atoms with E-state index in [2.05, 4.69) is 34.4 Å². The topological polar surface area (TPSA) is 87.1 Å². The number of carboxylic acids is 1. The van der Waals surface area contributed by atoms with Gasteiger partial charge in [0.25, 0.3) is 0 Å². The predicted octanol–water partition coefficient (Wildman–Crippen LogP) is 1.87. The summed E-state index contributed by atoms with van der Waals surface area (Å²) in [5.74, 6) is 4.07. The molecule has 2 aliphatic heterocycles. The lowest BCUT2D eigenvalue weighted by Gasteiger charge is -2.46. The van der Waals surface area contributed by atoms with E-state index in [1.54, 1.807) is 6.92 Å². The van der Waals surface area contributed by atoms with E-state index in [1.807, 2.05) is 31.2 Å². The average molecular weight is 467 g/mol. The number of aliphatic hydroxyl groups is 1. The zero-order valence-electron chi connectivity index (χ0n) is 14.3. The van der Waals surface area contributed by atoms with E-state index in [1.165, 1.54) is 4.90 Å². The van der Waals surface area contributed by atoms with Crippen molar-refractivity contribution in [2.75, 3.05) is 6.61 Å². The van der Waals surface area contributed by atoms with Crippen LogP contribution in [0.25, 0.3) is 0 Å². The van der Waals surface area contributed by atoms with Crippen LogP contribution < -0.4 is 4.74 Å². The van der Waals surface area contributed by atoms with Gasteiger partial charge >= 0.3 is 5.97 Å². The van der Waals surface area contributed by atoms with Crippen molar-refractivity contribution in [2.45, 2.75) is 26.0 Å². The van der Waals surface area contributed by atoms with Crippen LogP contribution in [0.1, 0.15) is 13.8 Å². The molecular weight excluding hydrogens is 449 g/mol. The molecule has 2 heterocycles. The monoisotopic (exact) mass is 467 g/mol. The fourth-order valence-corrected chi connectivity index (χ4v) is 4.08. The van der Waals surface area contributed by atoms with Gasteiger partial charge in [-0.1, -0.05) is 30.9 Å². The molecule has 4 atom stereocenters. The lowest BCUT2D eigenvalue weighted by atomic mass is 9.78. The molecular formula is C19H18INO5. The van der Waals surface area contributed by atoms with E-state index in [4.69, 9.17) is 4.74 Å². The molecule has 0 aromatic heterocycles. The maximum Gasteiger partial charge on any atom is 0.353 e. The van der Waals surface area contributed by atoms with Crippen molar-refractivity contribution >= 4 is 34.5 Å².